The van der Waals surface area contributed by atoms with Crippen LogP contribution in [-0.4, -0.2) is 45.1 Å². The topological polar surface area (TPSA) is 113 Å². The van der Waals surface area contributed by atoms with Gasteiger partial charge in [0.1, 0.15) is 23.2 Å². The fourth-order valence-corrected chi connectivity index (χ4v) is 3.08. The summed E-state index contributed by atoms with van der Waals surface area (Å²) in [6.45, 7) is 1.37. The Hall–Kier alpha value is -3.34. The van der Waals surface area contributed by atoms with Crippen LogP contribution in [0.3, 0.4) is 0 Å². The number of hydrogen-bond donors (Lipinski definition) is 2. The minimum absolute atomic E-state index is 0.0651. The molecular weight excluding hydrogens is 384 g/mol. The maximum Gasteiger partial charge on any atom is 0.297 e. The van der Waals surface area contributed by atoms with Crippen molar-refractivity contribution < 1.29 is 18.3 Å². The van der Waals surface area contributed by atoms with E-state index in [2.05, 4.69) is 25.4 Å². The zero-order valence-corrected chi connectivity index (χ0v) is 15.5. The largest absolute Gasteiger partial charge is 0.496 e. The summed E-state index contributed by atoms with van der Waals surface area (Å²) in [6.07, 6.45) is 3.37. The molecule has 3 aromatic rings. The number of hydrogen-bond acceptors (Lipinski definition) is 8. The Bertz CT molecular complexity index is 1010. The van der Waals surface area contributed by atoms with Crippen LogP contribution in [0.2, 0.25) is 0 Å². The van der Waals surface area contributed by atoms with Gasteiger partial charge >= 0.3 is 0 Å². The molecule has 0 unspecified atom stereocenters. The summed E-state index contributed by atoms with van der Waals surface area (Å²) in [6, 6.07) is 3.21. The van der Waals surface area contributed by atoms with Crippen LogP contribution in [0.5, 0.6) is 5.75 Å². The van der Waals surface area contributed by atoms with Crippen LogP contribution in [0.4, 0.5) is 26.2 Å². The fourth-order valence-electron chi connectivity index (χ4n) is 3.08. The van der Waals surface area contributed by atoms with E-state index in [-0.39, 0.29) is 17.7 Å². The number of aromatic nitrogens is 5. The highest BCUT2D eigenvalue weighted by molar-refractivity contribution is 5.71. The van der Waals surface area contributed by atoms with Crippen LogP contribution >= 0.6 is 0 Å². The van der Waals surface area contributed by atoms with Crippen molar-refractivity contribution in [1.82, 2.24) is 24.7 Å². The first-order chi connectivity index (χ1) is 14.0. The molecule has 0 spiro atoms. The van der Waals surface area contributed by atoms with Gasteiger partial charge in [-0.05, 0) is 6.42 Å². The molecular formula is C18H19F2N7O2. The lowest BCUT2D eigenvalue weighted by atomic mass is 10.1. The van der Waals surface area contributed by atoms with E-state index in [1.54, 1.807) is 18.5 Å². The maximum atomic E-state index is 12.9. The molecule has 9 nitrogen and oxygen atoms in total. The summed E-state index contributed by atoms with van der Waals surface area (Å²) >= 11 is 0. The first kappa shape index (κ1) is 19.0. The minimum Gasteiger partial charge on any atom is -0.496 e. The van der Waals surface area contributed by atoms with Gasteiger partial charge in [-0.1, -0.05) is 0 Å². The molecule has 11 heteroatoms. The van der Waals surface area contributed by atoms with E-state index in [1.807, 2.05) is 10.9 Å². The van der Waals surface area contributed by atoms with Crippen molar-refractivity contribution in [3.63, 3.8) is 0 Å². The Morgan fingerprint density at radius 1 is 1.28 bits per heavy atom. The number of nitrogen functional groups attached to an aromatic ring is 1. The van der Waals surface area contributed by atoms with Crippen LogP contribution in [0.1, 0.15) is 24.7 Å². The number of rotatable bonds is 6. The van der Waals surface area contributed by atoms with E-state index < -0.39 is 12.2 Å². The highest BCUT2D eigenvalue weighted by Crippen LogP contribution is 2.32. The molecule has 0 aromatic carbocycles. The zero-order chi connectivity index (χ0) is 20.4. The van der Waals surface area contributed by atoms with E-state index in [9.17, 15) is 8.78 Å². The Morgan fingerprint density at radius 2 is 2.14 bits per heavy atom. The average Bonchev–Trinajstić information content (AvgIpc) is 3.39. The molecule has 1 aliphatic rings. The first-order valence-corrected chi connectivity index (χ1v) is 8.89. The summed E-state index contributed by atoms with van der Waals surface area (Å²) in [4.78, 5) is 11.6. The third kappa shape index (κ3) is 4.09. The quantitative estimate of drug-likeness (QED) is 0.646. The van der Waals surface area contributed by atoms with Gasteiger partial charge in [0.25, 0.3) is 6.43 Å². The standard InChI is InChI=1S/C18H19F2N7O2/c1-28-13-4-15(25-16-5-14(21)24-18(26-16)17(19)20)22-7-12(13)10-6-23-27(8-10)11-2-3-29-9-11/h4-8,11,17H,2-3,9H2,1H3,(H3,21,22,24,25,26)/t11-/m0/s1. The lowest BCUT2D eigenvalue weighted by Crippen LogP contribution is -2.08. The summed E-state index contributed by atoms with van der Waals surface area (Å²) in [5, 5.41) is 7.26. The molecule has 1 atom stereocenters. The Kier molecular flexibility index (Phi) is 5.21. The SMILES string of the molecule is COc1cc(Nc2cc(N)nc(C(F)F)n2)ncc1-c1cnn([C@H]2CCOC2)c1. The second-order valence-electron chi connectivity index (χ2n) is 6.46. The van der Waals surface area contributed by atoms with Crippen molar-refractivity contribution in [2.24, 2.45) is 0 Å². The molecule has 29 heavy (non-hydrogen) atoms. The Balaban J connectivity index is 1.59. The van der Waals surface area contributed by atoms with E-state index in [1.165, 1.54) is 13.2 Å². The molecule has 3 N–H and O–H groups in total. The molecule has 0 radical (unpaired) electrons. The zero-order valence-electron chi connectivity index (χ0n) is 15.5. The summed E-state index contributed by atoms with van der Waals surface area (Å²) in [7, 11) is 1.54. The van der Waals surface area contributed by atoms with Gasteiger partial charge in [-0.25, -0.2) is 23.7 Å². The summed E-state index contributed by atoms with van der Waals surface area (Å²) in [5.74, 6) is 0.301. The molecule has 152 valence electrons. The fraction of sp³-hybridized carbons (Fsp3) is 0.333. The number of anilines is 3. The van der Waals surface area contributed by atoms with Gasteiger partial charge in [0.2, 0.25) is 0 Å². The highest BCUT2D eigenvalue weighted by Gasteiger charge is 2.20. The van der Waals surface area contributed by atoms with Gasteiger partial charge in [0, 0.05) is 42.3 Å². The molecule has 4 rings (SSSR count). The number of methoxy groups -OCH3 is 1. The van der Waals surface area contributed by atoms with E-state index in [0.29, 0.717) is 18.2 Å². The molecule has 1 fully saturated rings. The molecule has 0 bridgehead atoms. The second kappa shape index (κ2) is 7.95. The number of nitrogens with two attached hydrogens (primary N) is 1. The summed E-state index contributed by atoms with van der Waals surface area (Å²) in [5.41, 5.74) is 7.17. The van der Waals surface area contributed by atoms with Gasteiger partial charge < -0.3 is 20.5 Å². The van der Waals surface area contributed by atoms with Crippen molar-refractivity contribution in [2.45, 2.75) is 18.9 Å². The molecule has 3 aromatic heterocycles. The Labute approximate surface area is 164 Å². The molecule has 4 heterocycles. The summed E-state index contributed by atoms with van der Waals surface area (Å²) < 4.78 is 38.5. The van der Waals surface area contributed by atoms with E-state index in [4.69, 9.17) is 15.2 Å². The smallest absolute Gasteiger partial charge is 0.297 e. The number of nitrogens with one attached hydrogen (secondary N) is 1. The average molecular weight is 403 g/mol. The third-order valence-electron chi connectivity index (χ3n) is 4.49. The van der Waals surface area contributed by atoms with Gasteiger partial charge in [0.15, 0.2) is 5.82 Å². The number of ether oxygens (including phenoxy) is 2. The van der Waals surface area contributed by atoms with Crippen LogP contribution in [0.15, 0.2) is 30.7 Å². The lowest BCUT2D eigenvalue weighted by molar-refractivity contribution is 0.140. The van der Waals surface area contributed by atoms with Crippen LogP contribution in [0, 0.1) is 0 Å². The minimum atomic E-state index is -2.83. The first-order valence-electron chi connectivity index (χ1n) is 8.89. The molecule has 0 saturated carbocycles. The van der Waals surface area contributed by atoms with Gasteiger partial charge in [0.05, 0.1) is 26.0 Å². The molecule has 1 saturated heterocycles. The number of halogens is 2. The predicted molar refractivity (Wildman–Crippen MR) is 101 cm³/mol. The van der Waals surface area contributed by atoms with Gasteiger partial charge in [-0.2, -0.15) is 5.10 Å². The van der Waals surface area contributed by atoms with Crippen molar-refractivity contribution in [2.75, 3.05) is 31.4 Å². The van der Waals surface area contributed by atoms with Crippen LogP contribution in [-0.2, 0) is 4.74 Å². The number of alkyl halides is 2. The van der Waals surface area contributed by atoms with Crippen molar-refractivity contribution in [3.8, 4) is 16.9 Å². The second-order valence-corrected chi connectivity index (χ2v) is 6.46. The maximum absolute atomic E-state index is 12.9. The molecule has 0 aliphatic carbocycles. The lowest BCUT2D eigenvalue weighted by Gasteiger charge is -2.11. The normalized spacial score (nSPS) is 16.3. The van der Waals surface area contributed by atoms with Gasteiger partial charge in [-0.3, -0.25) is 4.68 Å². The third-order valence-corrected chi connectivity index (χ3v) is 4.49. The number of nitrogens with zero attached hydrogens (tertiary/aromatic N) is 5. The highest BCUT2D eigenvalue weighted by atomic mass is 19.3. The van der Waals surface area contributed by atoms with Crippen LogP contribution < -0.4 is 15.8 Å². The monoisotopic (exact) mass is 403 g/mol. The van der Waals surface area contributed by atoms with E-state index >= 15 is 0 Å². The van der Waals surface area contributed by atoms with Crippen molar-refractivity contribution in [3.05, 3.63) is 36.5 Å². The van der Waals surface area contributed by atoms with Crippen molar-refractivity contribution >= 4 is 17.5 Å². The van der Waals surface area contributed by atoms with Gasteiger partial charge in [-0.15, -0.1) is 0 Å². The Morgan fingerprint density at radius 3 is 2.86 bits per heavy atom. The predicted octanol–water partition coefficient (Wildman–Crippen LogP) is 2.97. The van der Waals surface area contributed by atoms with Crippen LogP contribution in [0.25, 0.3) is 11.1 Å². The molecule has 0 amide bonds. The molecule has 1 aliphatic heterocycles. The van der Waals surface area contributed by atoms with E-state index in [0.717, 1.165) is 24.2 Å². The van der Waals surface area contributed by atoms with Crippen molar-refractivity contribution in [1.29, 1.82) is 0 Å². The number of pyridine rings is 1.